The molecule has 0 atom stereocenters. The molecule has 4 aromatic rings. The van der Waals surface area contributed by atoms with Crippen molar-refractivity contribution in [2.24, 2.45) is 0 Å². The van der Waals surface area contributed by atoms with Crippen molar-refractivity contribution in [2.75, 3.05) is 5.75 Å². The number of halogens is 1. The molecule has 0 saturated carbocycles. The minimum absolute atomic E-state index is 0.103. The van der Waals surface area contributed by atoms with Crippen molar-refractivity contribution < 1.29 is 9.59 Å². The monoisotopic (exact) mass is 449 g/mol. The van der Waals surface area contributed by atoms with Crippen LogP contribution in [0.25, 0.3) is 16.6 Å². The lowest BCUT2D eigenvalue weighted by Gasteiger charge is -2.14. The van der Waals surface area contributed by atoms with Gasteiger partial charge in [-0.3, -0.25) is 24.3 Å². The number of nitrogens with zero attached hydrogens (tertiary/aromatic N) is 2. The molecular formula is C23H16ClN3O3S. The van der Waals surface area contributed by atoms with Crippen LogP contribution in [0.5, 0.6) is 0 Å². The zero-order valence-electron chi connectivity index (χ0n) is 16.1. The fourth-order valence-electron chi connectivity index (χ4n) is 3.01. The summed E-state index contributed by atoms with van der Waals surface area (Å²) in [5.74, 6) is -1.08. The number of para-hydroxylation sites is 2. The molecule has 0 bridgehead atoms. The van der Waals surface area contributed by atoms with Crippen molar-refractivity contribution in [1.82, 2.24) is 14.9 Å². The highest BCUT2D eigenvalue weighted by molar-refractivity contribution is 7.99. The molecule has 1 heterocycles. The average Bonchev–Trinajstić information content (AvgIpc) is 2.79. The van der Waals surface area contributed by atoms with Gasteiger partial charge in [0.05, 0.1) is 27.4 Å². The Morgan fingerprint density at radius 1 is 0.935 bits per heavy atom. The van der Waals surface area contributed by atoms with Crippen LogP contribution in [0.4, 0.5) is 0 Å². The summed E-state index contributed by atoms with van der Waals surface area (Å²) >= 11 is 7.39. The maximum absolute atomic E-state index is 13.2. The second kappa shape index (κ2) is 9.16. The Kier molecular flexibility index (Phi) is 6.16. The number of benzene rings is 3. The lowest BCUT2D eigenvalue weighted by Crippen LogP contribution is -2.32. The molecule has 0 aliphatic carbocycles. The number of imide groups is 1. The van der Waals surface area contributed by atoms with Crippen LogP contribution in [-0.4, -0.2) is 27.1 Å². The summed E-state index contributed by atoms with van der Waals surface area (Å²) in [6.07, 6.45) is 0. The second-order valence-electron chi connectivity index (χ2n) is 6.54. The van der Waals surface area contributed by atoms with Gasteiger partial charge in [0, 0.05) is 5.56 Å². The van der Waals surface area contributed by atoms with Gasteiger partial charge in [0.15, 0.2) is 5.16 Å². The zero-order chi connectivity index (χ0) is 21.8. The maximum Gasteiger partial charge on any atom is 0.266 e. The van der Waals surface area contributed by atoms with Crippen LogP contribution in [0.1, 0.15) is 10.4 Å². The molecule has 0 radical (unpaired) electrons. The third-order valence-electron chi connectivity index (χ3n) is 4.46. The van der Waals surface area contributed by atoms with Gasteiger partial charge in [0.1, 0.15) is 0 Å². The Morgan fingerprint density at radius 3 is 2.39 bits per heavy atom. The van der Waals surface area contributed by atoms with E-state index in [9.17, 15) is 14.4 Å². The molecule has 0 unspecified atom stereocenters. The summed E-state index contributed by atoms with van der Waals surface area (Å²) in [7, 11) is 0. The Morgan fingerprint density at radius 2 is 1.61 bits per heavy atom. The van der Waals surface area contributed by atoms with Crippen molar-refractivity contribution >= 4 is 46.1 Å². The molecule has 154 valence electrons. The summed E-state index contributed by atoms with van der Waals surface area (Å²) in [6, 6.07) is 22.4. The van der Waals surface area contributed by atoms with E-state index in [4.69, 9.17) is 11.6 Å². The minimum atomic E-state index is -0.494. The van der Waals surface area contributed by atoms with Crippen LogP contribution in [-0.2, 0) is 4.79 Å². The number of nitrogens with one attached hydrogen (secondary N) is 1. The van der Waals surface area contributed by atoms with E-state index in [2.05, 4.69) is 10.3 Å². The van der Waals surface area contributed by atoms with E-state index in [0.717, 1.165) is 11.8 Å². The molecule has 6 nitrogen and oxygen atoms in total. The number of carbonyl (C=O) groups excluding carboxylic acids is 2. The largest absolute Gasteiger partial charge is 0.292 e. The average molecular weight is 450 g/mol. The fraction of sp³-hybridized carbons (Fsp3) is 0.0435. The van der Waals surface area contributed by atoms with Gasteiger partial charge in [-0.1, -0.05) is 65.8 Å². The smallest absolute Gasteiger partial charge is 0.266 e. The molecule has 0 saturated heterocycles. The first-order valence-corrected chi connectivity index (χ1v) is 10.7. The number of rotatable bonds is 5. The SMILES string of the molecule is O=C(CSc1nc2ccccc2c(=O)n1-c1ccccc1Cl)NC(=O)c1ccccc1. The van der Waals surface area contributed by atoms with Crippen molar-refractivity contribution in [2.45, 2.75) is 5.16 Å². The fourth-order valence-corrected chi connectivity index (χ4v) is 4.04. The third kappa shape index (κ3) is 4.52. The van der Waals surface area contributed by atoms with Gasteiger partial charge < -0.3 is 0 Å². The van der Waals surface area contributed by atoms with Crippen LogP contribution < -0.4 is 10.9 Å². The number of thioether (sulfide) groups is 1. The van der Waals surface area contributed by atoms with E-state index >= 15 is 0 Å². The minimum Gasteiger partial charge on any atom is -0.292 e. The summed E-state index contributed by atoms with van der Waals surface area (Å²) in [5, 5.41) is 3.48. The normalized spacial score (nSPS) is 10.7. The quantitative estimate of drug-likeness (QED) is 0.366. The van der Waals surface area contributed by atoms with E-state index in [1.54, 1.807) is 78.9 Å². The van der Waals surface area contributed by atoms with Gasteiger partial charge in [-0.05, 0) is 36.4 Å². The van der Waals surface area contributed by atoms with Crippen LogP contribution in [0, 0.1) is 0 Å². The second-order valence-corrected chi connectivity index (χ2v) is 7.89. The highest BCUT2D eigenvalue weighted by atomic mass is 35.5. The Bertz CT molecular complexity index is 1340. The van der Waals surface area contributed by atoms with Crippen LogP contribution in [0.3, 0.4) is 0 Å². The van der Waals surface area contributed by atoms with Crippen molar-refractivity contribution in [3.63, 3.8) is 0 Å². The van der Waals surface area contributed by atoms with Gasteiger partial charge in [-0.2, -0.15) is 0 Å². The summed E-state index contributed by atoms with van der Waals surface area (Å²) < 4.78 is 1.39. The van der Waals surface area contributed by atoms with Gasteiger partial charge in [-0.25, -0.2) is 4.98 Å². The molecule has 31 heavy (non-hydrogen) atoms. The molecule has 3 aromatic carbocycles. The molecule has 2 amide bonds. The summed E-state index contributed by atoms with van der Waals surface area (Å²) in [4.78, 5) is 42.3. The van der Waals surface area contributed by atoms with Gasteiger partial charge in [0.25, 0.3) is 11.5 Å². The van der Waals surface area contributed by atoms with Crippen molar-refractivity contribution in [3.05, 3.63) is 99.8 Å². The molecule has 1 aromatic heterocycles. The standard InChI is InChI=1S/C23H16ClN3O3S/c24-17-11-5-7-13-19(17)27-22(30)16-10-4-6-12-18(16)25-23(27)31-14-20(28)26-21(29)15-8-2-1-3-9-15/h1-13H,14H2,(H,26,28,29). The zero-order valence-corrected chi connectivity index (χ0v) is 17.7. The van der Waals surface area contributed by atoms with E-state index < -0.39 is 11.8 Å². The molecule has 0 fully saturated rings. The first kappa shape index (κ1) is 20.8. The van der Waals surface area contributed by atoms with E-state index in [1.165, 1.54) is 4.57 Å². The number of fused-ring (bicyclic) bond motifs is 1. The lowest BCUT2D eigenvalue weighted by atomic mass is 10.2. The predicted molar refractivity (Wildman–Crippen MR) is 122 cm³/mol. The number of amides is 2. The van der Waals surface area contributed by atoms with E-state index in [1.807, 2.05) is 0 Å². The molecule has 8 heteroatoms. The van der Waals surface area contributed by atoms with Gasteiger partial charge in [-0.15, -0.1) is 0 Å². The molecule has 0 aliphatic heterocycles. The molecule has 1 N–H and O–H groups in total. The van der Waals surface area contributed by atoms with Crippen molar-refractivity contribution in [3.8, 4) is 5.69 Å². The summed E-state index contributed by atoms with van der Waals surface area (Å²) in [5.41, 5.74) is 1.08. The van der Waals surface area contributed by atoms with E-state index in [-0.39, 0.29) is 11.3 Å². The number of carbonyl (C=O) groups is 2. The van der Waals surface area contributed by atoms with Crippen LogP contribution >= 0.6 is 23.4 Å². The number of aromatic nitrogens is 2. The highest BCUT2D eigenvalue weighted by Gasteiger charge is 2.17. The van der Waals surface area contributed by atoms with E-state index in [0.29, 0.717) is 32.3 Å². The molecular weight excluding hydrogens is 434 g/mol. The Balaban J connectivity index is 1.65. The Labute approximate surface area is 186 Å². The molecule has 0 aliphatic rings. The Hall–Kier alpha value is -3.42. The predicted octanol–water partition coefficient (Wildman–Crippen LogP) is 4.09. The first-order chi connectivity index (χ1) is 15.0. The third-order valence-corrected chi connectivity index (χ3v) is 5.72. The first-order valence-electron chi connectivity index (χ1n) is 9.33. The highest BCUT2D eigenvalue weighted by Crippen LogP contribution is 2.25. The number of hydrogen-bond donors (Lipinski definition) is 1. The molecule has 0 spiro atoms. The van der Waals surface area contributed by atoms with Gasteiger partial charge in [0.2, 0.25) is 5.91 Å². The maximum atomic E-state index is 13.2. The number of hydrogen-bond acceptors (Lipinski definition) is 5. The van der Waals surface area contributed by atoms with Crippen LogP contribution in [0.15, 0.2) is 88.8 Å². The lowest BCUT2D eigenvalue weighted by molar-refractivity contribution is -0.117. The molecule has 4 rings (SSSR count). The topological polar surface area (TPSA) is 81.1 Å². The van der Waals surface area contributed by atoms with Crippen molar-refractivity contribution in [1.29, 1.82) is 0 Å². The summed E-state index contributed by atoms with van der Waals surface area (Å²) in [6.45, 7) is 0. The van der Waals surface area contributed by atoms with Gasteiger partial charge >= 0.3 is 0 Å². The van der Waals surface area contributed by atoms with Crippen LogP contribution in [0.2, 0.25) is 5.02 Å².